The number of aryl methyl sites for hydroxylation is 3. The zero-order valence-corrected chi connectivity index (χ0v) is 17.8. The van der Waals surface area contributed by atoms with Crippen molar-refractivity contribution in [1.82, 2.24) is 4.98 Å². The van der Waals surface area contributed by atoms with Crippen LogP contribution in [-0.2, 0) is 4.79 Å². The lowest BCUT2D eigenvalue weighted by Gasteiger charge is -2.26. The quantitative estimate of drug-likeness (QED) is 0.560. The number of aliphatic hydroxyl groups is 1. The van der Waals surface area contributed by atoms with Gasteiger partial charge in [-0.3, -0.25) is 14.5 Å². The fourth-order valence-corrected chi connectivity index (χ4v) is 5.41. The van der Waals surface area contributed by atoms with Gasteiger partial charge in [0.1, 0.15) is 6.04 Å². The normalized spacial score (nSPS) is 16.6. The highest BCUT2D eigenvalue weighted by molar-refractivity contribution is 7.14. The van der Waals surface area contributed by atoms with Crippen molar-refractivity contribution in [1.29, 1.82) is 0 Å². The fourth-order valence-electron chi connectivity index (χ4n) is 3.52. The first-order valence-corrected chi connectivity index (χ1v) is 10.6. The summed E-state index contributed by atoms with van der Waals surface area (Å²) in [5, 5.41) is 13.2. The van der Waals surface area contributed by atoms with Crippen molar-refractivity contribution in [2.24, 2.45) is 0 Å². The first kappa shape index (κ1) is 20.4. The molecule has 5 nitrogen and oxygen atoms in total. The van der Waals surface area contributed by atoms with Gasteiger partial charge >= 0.3 is 0 Å². The summed E-state index contributed by atoms with van der Waals surface area (Å²) in [5.74, 6) is -4.24. The number of ketones is 1. The lowest BCUT2D eigenvalue weighted by molar-refractivity contribution is -0.117. The van der Waals surface area contributed by atoms with Gasteiger partial charge in [0, 0.05) is 16.6 Å². The number of nitrogens with zero attached hydrogens (tertiary/aromatic N) is 2. The molecule has 1 amide bonds. The minimum absolute atomic E-state index is 0.0447. The molecule has 4 rings (SSSR count). The Morgan fingerprint density at radius 3 is 2.47 bits per heavy atom. The van der Waals surface area contributed by atoms with E-state index in [0.29, 0.717) is 20.5 Å². The average Bonchev–Trinajstić information content (AvgIpc) is 3.33. The molecule has 1 unspecified atom stereocenters. The third-order valence-corrected chi connectivity index (χ3v) is 7.04. The summed E-state index contributed by atoms with van der Waals surface area (Å²) in [7, 11) is 0. The Hall–Kier alpha value is -2.91. The van der Waals surface area contributed by atoms with Gasteiger partial charge in [0.15, 0.2) is 17.4 Å². The van der Waals surface area contributed by atoms with Crippen molar-refractivity contribution in [2.45, 2.75) is 26.8 Å². The van der Waals surface area contributed by atoms with E-state index < -0.39 is 35.1 Å². The lowest BCUT2D eigenvalue weighted by atomic mass is 9.98. The zero-order chi connectivity index (χ0) is 21.7. The van der Waals surface area contributed by atoms with Crippen molar-refractivity contribution in [3.63, 3.8) is 0 Å². The Labute approximate surface area is 178 Å². The monoisotopic (exact) mass is 446 g/mol. The minimum Gasteiger partial charge on any atom is -0.503 e. The molecular weight excluding hydrogens is 430 g/mol. The molecule has 0 aliphatic carbocycles. The van der Waals surface area contributed by atoms with Gasteiger partial charge < -0.3 is 5.11 Å². The number of benzene rings is 1. The van der Waals surface area contributed by atoms with Crippen LogP contribution in [0.2, 0.25) is 0 Å². The van der Waals surface area contributed by atoms with Gasteiger partial charge in [0.2, 0.25) is 5.78 Å². The summed E-state index contributed by atoms with van der Waals surface area (Å²) in [4.78, 5) is 32.8. The van der Waals surface area contributed by atoms with Crippen LogP contribution in [0.4, 0.5) is 14.5 Å². The van der Waals surface area contributed by atoms with Crippen LogP contribution in [0.1, 0.15) is 36.9 Å². The van der Waals surface area contributed by atoms with Crippen LogP contribution in [0.3, 0.4) is 0 Å². The number of hydrogen-bond donors (Lipinski definition) is 1. The molecule has 0 radical (unpaired) electrons. The maximum absolute atomic E-state index is 13.9. The molecule has 3 heterocycles. The van der Waals surface area contributed by atoms with E-state index in [9.17, 15) is 23.5 Å². The van der Waals surface area contributed by atoms with Crippen molar-refractivity contribution >= 4 is 40.1 Å². The fraction of sp³-hybridized carbons (Fsp3) is 0.190. The molecule has 1 atom stereocenters. The van der Waals surface area contributed by atoms with E-state index in [-0.39, 0.29) is 11.3 Å². The Bertz CT molecular complexity index is 1230. The molecule has 0 spiro atoms. The molecule has 0 saturated heterocycles. The van der Waals surface area contributed by atoms with Crippen LogP contribution < -0.4 is 4.90 Å². The van der Waals surface area contributed by atoms with Gasteiger partial charge in [0.05, 0.1) is 21.2 Å². The summed E-state index contributed by atoms with van der Waals surface area (Å²) < 4.78 is 27.4. The van der Waals surface area contributed by atoms with Crippen LogP contribution in [0.5, 0.6) is 0 Å². The Morgan fingerprint density at radius 2 is 1.90 bits per heavy atom. The van der Waals surface area contributed by atoms with E-state index in [1.165, 1.54) is 28.7 Å². The standard InChI is InChI=1S/C21H16F2N2O3S2/c1-9-6-7-29-19(9)16-15(17(26)20-10(2)24-11(3)30-20)18(27)21(28)25(16)12-4-5-13(22)14(23)8-12/h4-8,16,27H,1-3H3. The minimum atomic E-state index is -1.13. The largest absolute Gasteiger partial charge is 0.503 e. The predicted molar refractivity (Wildman–Crippen MR) is 111 cm³/mol. The first-order valence-electron chi connectivity index (χ1n) is 8.95. The van der Waals surface area contributed by atoms with Gasteiger partial charge in [-0.2, -0.15) is 0 Å². The lowest BCUT2D eigenvalue weighted by Crippen LogP contribution is -2.31. The third-order valence-electron chi connectivity index (χ3n) is 4.89. The van der Waals surface area contributed by atoms with Crippen molar-refractivity contribution in [3.8, 4) is 0 Å². The van der Waals surface area contributed by atoms with Gasteiger partial charge in [-0.05, 0) is 49.9 Å². The second-order valence-corrected chi connectivity index (χ2v) is 9.03. The van der Waals surface area contributed by atoms with Gasteiger partial charge in [-0.25, -0.2) is 13.8 Å². The number of aliphatic hydroxyl groups excluding tert-OH is 1. The second-order valence-electron chi connectivity index (χ2n) is 6.88. The molecule has 30 heavy (non-hydrogen) atoms. The summed E-state index contributed by atoms with van der Waals surface area (Å²) in [6.45, 7) is 5.26. The van der Waals surface area contributed by atoms with Gasteiger partial charge in [0.25, 0.3) is 5.91 Å². The number of rotatable bonds is 4. The SMILES string of the molecule is Cc1nc(C)c(C(=O)C2=C(O)C(=O)N(c3ccc(F)c(F)c3)C2c2sccc2C)s1. The highest BCUT2D eigenvalue weighted by Gasteiger charge is 2.46. The Morgan fingerprint density at radius 1 is 1.17 bits per heavy atom. The number of aromatic nitrogens is 1. The number of amides is 1. The van der Waals surface area contributed by atoms with E-state index in [4.69, 9.17) is 0 Å². The van der Waals surface area contributed by atoms with E-state index in [1.54, 1.807) is 19.2 Å². The summed E-state index contributed by atoms with van der Waals surface area (Å²) in [6.07, 6.45) is 0. The highest BCUT2D eigenvalue weighted by Crippen LogP contribution is 2.45. The van der Waals surface area contributed by atoms with Crippen LogP contribution in [0.15, 0.2) is 41.0 Å². The third kappa shape index (κ3) is 3.14. The Balaban J connectivity index is 1.91. The first-order chi connectivity index (χ1) is 14.2. The number of hydrogen-bond acceptors (Lipinski definition) is 6. The van der Waals surface area contributed by atoms with Gasteiger partial charge in [-0.1, -0.05) is 0 Å². The zero-order valence-electron chi connectivity index (χ0n) is 16.2. The summed E-state index contributed by atoms with van der Waals surface area (Å²) >= 11 is 2.49. The molecule has 2 aromatic heterocycles. The summed E-state index contributed by atoms with van der Waals surface area (Å²) in [6, 6.07) is 3.90. The van der Waals surface area contributed by atoms with E-state index >= 15 is 0 Å². The summed E-state index contributed by atoms with van der Waals surface area (Å²) in [5.41, 5.74) is 1.26. The number of halogens is 2. The van der Waals surface area contributed by atoms with Crippen LogP contribution in [0, 0.1) is 32.4 Å². The molecule has 1 N–H and O–H groups in total. The van der Waals surface area contributed by atoms with Crippen LogP contribution >= 0.6 is 22.7 Å². The topological polar surface area (TPSA) is 70.5 Å². The number of carbonyl (C=O) groups excluding carboxylic acids is 2. The molecule has 1 aliphatic rings. The maximum Gasteiger partial charge on any atom is 0.294 e. The number of thiazole rings is 1. The van der Waals surface area contributed by atoms with Crippen molar-refractivity contribution in [3.05, 3.63) is 78.6 Å². The molecule has 0 fully saturated rings. The maximum atomic E-state index is 13.9. The number of carbonyl (C=O) groups is 2. The predicted octanol–water partition coefficient (Wildman–Crippen LogP) is 5.19. The van der Waals surface area contributed by atoms with E-state index in [0.717, 1.165) is 22.6 Å². The van der Waals surface area contributed by atoms with Gasteiger partial charge in [-0.15, -0.1) is 22.7 Å². The highest BCUT2D eigenvalue weighted by atomic mass is 32.1. The second kappa shape index (κ2) is 7.41. The van der Waals surface area contributed by atoms with Crippen LogP contribution in [0.25, 0.3) is 0 Å². The molecule has 0 bridgehead atoms. The Kier molecular flexibility index (Phi) is 5.03. The average molecular weight is 447 g/mol. The molecular formula is C21H16F2N2O3S2. The molecule has 0 saturated carbocycles. The van der Waals surface area contributed by atoms with Crippen molar-refractivity contribution < 1.29 is 23.5 Å². The van der Waals surface area contributed by atoms with E-state index in [2.05, 4.69) is 4.98 Å². The van der Waals surface area contributed by atoms with Crippen LogP contribution in [-0.4, -0.2) is 21.8 Å². The number of anilines is 1. The van der Waals surface area contributed by atoms with Crippen molar-refractivity contribution in [2.75, 3.05) is 4.90 Å². The molecule has 1 aliphatic heterocycles. The molecule has 1 aromatic carbocycles. The number of Topliss-reactive ketones (excluding diaryl/α,β-unsaturated/α-hetero) is 1. The van der Waals surface area contributed by atoms with E-state index in [1.807, 2.05) is 13.0 Å². The smallest absolute Gasteiger partial charge is 0.294 e. The number of thiophene rings is 1. The molecule has 3 aromatic rings. The molecule has 9 heteroatoms. The molecule has 154 valence electrons.